The molecule has 1 aliphatic carbocycles. The van der Waals surface area contributed by atoms with Crippen LogP contribution in [0.15, 0.2) is 0 Å². The largest absolute Gasteiger partial charge is 0.395 e. The molecule has 0 heterocycles. The minimum atomic E-state index is -0.367. The van der Waals surface area contributed by atoms with Crippen molar-refractivity contribution < 1.29 is 9.90 Å². The Hall–Kier alpha value is -0.680. The highest BCUT2D eigenvalue weighted by Gasteiger charge is 2.31. The lowest BCUT2D eigenvalue weighted by Gasteiger charge is -2.36. The molecule has 1 saturated carbocycles. The summed E-state index contributed by atoms with van der Waals surface area (Å²) >= 11 is 5.03. The third-order valence-electron chi connectivity index (χ3n) is 3.86. The van der Waals surface area contributed by atoms with Gasteiger partial charge in [0.25, 0.3) is 0 Å². The molecule has 0 bridgehead atoms. The van der Waals surface area contributed by atoms with E-state index in [4.69, 9.17) is 18.0 Å². The zero-order valence-electron chi connectivity index (χ0n) is 11.8. The quantitative estimate of drug-likeness (QED) is 0.701. The Balaban J connectivity index is 2.77. The van der Waals surface area contributed by atoms with Crippen LogP contribution in [0.2, 0.25) is 0 Å². The monoisotopic (exact) mass is 286 g/mol. The third kappa shape index (κ3) is 4.73. The Labute approximate surface area is 121 Å². The van der Waals surface area contributed by atoms with Gasteiger partial charge in [-0.3, -0.25) is 4.79 Å². The van der Waals surface area contributed by atoms with Crippen LogP contribution in [0.25, 0.3) is 0 Å². The Morgan fingerprint density at radius 2 is 2.05 bits per heavy atom. The summed E-state index contributed by atoms with van der Waals surface area (Å²) in [5, 5.41) is 9.21. The third-order valence-corrected chi connectivity index (χ3v) is 4.14. The lowest BCUT2D eigenvalue weighted by molar-refractivity contribution is -0.137. The van der Waals surface area contributed by atoms with Crippen LogP contribution in [0.1, 0.15) is 51.9 Å². The van der Waals surface area contributed by atoms with Crippen LogP contribution in [0.5, 0.6) is 0 Å². The Morgan fingerprint density at radius 1 is 1.42 bits per heavy atom. The van der Waals surface area contributed by atoms with Gasteiger partial charge in [0.2, 0.25) is 5.91 Å². The van der Waals surface area contributed by atoms with Crippen LogP contribution in [0.4, 0.5) is 0 Å². The van der Waals surface area contributed by atoms with E-state index in [2.05, 4.69) is 0 Å². The molecule has 110 valence electrons. The van der Waals surface area contributed by atoms with Crippen molar-refractivity contribution in [3.63, 3.8) is 0 Å². The summed E-state index contributed by atoms with van der Waals surface area (Å²) in [5.41, 5.74) is 5.71. The first-order chi connectivity index (χ1) is 9.11. The van der Waals surface area contributed by atoms with Crippen LogP contribution in [-0.4, -0.2) is 40.1 Å². The number of nitrogens with two attached hydrogens (primary N) is 1. The second-order valence-electron chi connectivity index (χ2n) is 5.29. The van der Waals surface area contributed by atoms with Gasteiger partial charge in [-0.25, -0.2) is 0 Å². The smallest absolute Gasteiger partial charge is 0.232 e. The molecule has 0 radical (unpaired) electrons. The molecular formula is C14H26N2O2S. The van der Waals surface area contributed by atoms with E-state index < -0.39 is 0 Å². The lowest BCUT2D eigenvalue weighted by Crippen LogP contribution is -2.48. The maximum Gasteiger partial charge on any atom is 0.232 e. The van der Waals surface area contributed by atoms with Gasteiger partial charge < -0.3 is 15.7 Å². The van der Waals surface area contributed by atoms with E-state index >= 15 is 0 Å². The molecule has 1 rings (SSSR count). The molecule has 0 aromatic heterocycles. The van der Waals surface area contributed by atoms with Gasteiger partial charge in [0.1, 0.15) is 0 Å². The van der Waals surface area contributed by atoms with Crippen LogP contribution in [0, 0.1) is 5.92 Å². The molecule has 0 aliphatic heterocycles. The minimum absolute atomic E-state index is 0.00157. The summed E-state index contributed by atoms with van der Waals surface area (Å²) in [4.78, 5) is 14.7. The van der Waals surface area contributed by atoms with Gasteiger partial charge in [0.15, 0.2) is 0 Å². The van der Waals surface area contributed by atoms with Gasteiger partial charge in [-0.15, -0.1) is 0 Å². The fourth-order valence-electron chi connectivity index (χ4n) is 2.85. The van der Waals surface area contributed by atoms with Crippen LogP contribution in [0.3, 0.4) is 0 Å². The highest BCUT2D eigenvalue weighted by atomic mass is 32.1. The highest BCUT2D eigenvalue weighted by molar-refractivity contribution is 7.80. The molecule has 1 aliphatic rings. The molecule has 3 N–H and O–H groups in total. The second-order valence-corrected chi connectivity index (χ2v) is 5.76. The number of thiocarbonyl (C=S) groups is 1. The molecule has 0 aromatic rings. The normalized spacial score (nSPS) is 18.0. The van der Waals surface area contributed by atoms with Crippen molar-refractivity contribution in [3.8, 4) is 0 Å². The molecule has 1 unspecified atom stereocenters. The summed E-state index contributed by atoms with van der Waals surface area (Å²) in [6, 6.07) is 0.252. The first-order valence-electron chi connectivity index (χ1n) is 7.32. The predicted octanol–water partition coefficient (Wildman–Crippen LogP) is 1.84. The van der Waals surface area contributed by atoms with Crippen LogP contribution in [-0.2, 0) is 4.79 Å². The van der Waals surface area contributed by atoms with Gasteiger partial charge in [0.05, 0.1) is 17.5 Å². The summed E-state index contributed by atoms with van der Waals surface area (Å²) in [7, 11) is 0. The lowest BCUT2D eigenvalue weighted by atomic mass is 9.92. The van der Waals surface area contributed by atoms with E-state index in [-0.39, 0.29) is 29.5 Å². The van der Waals surface area contributed by atoms with E-state index in [9.17, 15) is 9.90 Å². The number of rotatable bonds is 7. The van der Waals surface area contributed by atoms with Crippen molar-refractivity contribution in [3.05, 3.63) is 0 Å². The van der Waals surface area contributed by atoms with Crippen molar-refractivity contribution in [1.29, 1.82) is 0 Å². The Kier molecular flexibility index (Phi) is 7.31. The van der Waals surface area contributed by atoms with Gasteiger partial charge >= 0.3 is 0 Å². The molecular weight excluding hydrogens is 260 g/mol. The zero-order valence-corrected chi connectivity index (χ0v) is 12.6. The van der Waals surface area contributed by atoms with Crippen LogP contribution < -0.4 is 5.73 Å². The van der Waals surface area contributed by atoms with Gasteiger partial charge in [0, 0.05) is 12.6 Å². The number of carbonyl (C=O) groups excluding carboxylic acids is 1. The topological polar surface area (TPSA) is 66.6 Å². The molecule has 5 heteroatoms. The SMILES string of the molecule is CCCC(C(=O)N(CCO)C1CCCCC1)C(N)=S. The van der Waals surface area contributed by atoms with Crippen LogP contribution >= 0.6 is 12.2 Å². The summed E-state index contributed by atoms with van der Waals surface area (Å²) < 4.78 is 0. The van der Waals surface area contributed by atoms with E-state index in [1.165, 1.54) is 6.42 Å². The number of amides is 1. The van der Waals surface area contributed by atoms with Crippen molar-refractivity contribution in [2.75, 3.05) is 13.2 Å². The Morgan fingerprint density at radius 3 is 2.53 bits per heavy atom. The second kappa shape index (κ2) is 8.48. The molecule has 0 saturated heterocycles. The Bertz CT molecular complexity index is 304. The van der Waals surface area contributed by atoms with Gasteiger partial charge in [-0.1, -0.05) is 44.8 Å². The molecule has 1 amide bonds. The van der Waals surface area contributed by atoms with Gasteiger partial charge in [-0.05, 0) is 19.3 Å². The van der Waals surface area contributed by atoms with Crippen molar-refractivity contribution >= 4 is 23.1 Å². The maximum atomic E-state index is 12.6. The van der Waals surface area contributed by atoms with Crippen molar-refractivity contribution in [1.82, 2.24) is 4.90 Å². The molecule has 19 heavy (non-hydrogen) atoms. The number of hydrogen-bond donors (Lipinski definition) is 2. The predicted molar refractivity (Wildman–Crippen MR) is 80.9 cm³/mol. The first kappa shape index (κ1) is 16.4. The minimum Gasteiger partial charge on any atom is -0.395 e. The molecule has 4 nitrogen and oxygen atoms in total. The number of aliphatic hydroxyl groups excluding tert-OH is 1. The number of aliphatic hydroxyl groups is 1. The molecule has 1 atom stereocenters. The molecule has 0 aromatic carbocycles. The standard InChI is InChI=1S/C14H26N2O2S/c1-2-6-12(13(15)19)14(18)16(9-10-17)11-7-4-3-5-8-11/h11-12,17H,2-10H2,1H3,(H2,15,19). The van der Waals surface area contributed by atoms with Gasteiger partial charge in [-0.2, -0.15) is 0 Å². The van der Waals surface area contributed by atoms with E-state index in [0.29, 0.717) is 13.0 Å². The van der Waals surface area contributed by atoms with Crippen molar-refractivity contribution in [2.24, 2.45) is 11.7 Å². The summed E-state index contributed by atoms with van der Waals surface area (Å²) in [5.74, 6) is -0.358. The zero-order chi connectivity index (χ0) is 14.3. The molecule has 0 spiro atoms. The maximum absolute atomic E-state index is 12.6. The number of hydrogen-bond acceptors (Lipinski definition) is 3. The van der Waals surface area contributed by atoms with Crippen molar-refractivity contribution in [2.45, 2.75) is 57.9 Å². The average molecular weight is 286 g/mol. The highest BCUT2D eigenvalue weighted by Crippen LogP contribution is 2.24. The van der Waals surface area contributed by atoms with E-state index in [0.717, 1.165) is 32.1 Å². The molecule has 1 fully saturated rings. The summed E-state index contributed by atoms with van der Waals surface area (Å²) in [6.45, 7) is 2.42. The fraction of sp³-hybridized carbons (Fsp3) is 0.857. The first-order valence-corrected chi connectivity index (χ1v) is 7.73. The average Bonchev–Trinajstić information content (AvgIpc) is 2.42. The summed E-state index contributed by atoms with van der Waals surface area (Å²) in [6.07, 6.45) is 7.19. The number of nitrogens with zero attached hydrogens (tertiary/aromatic N) is 1. The van der Waals surface area contributed by atoms with E-state index in [1.807, 2.05) is 11.8 Å². The fourth-order valence-corrected chi connectivity index (χ4v) is 3.07. The number of carbonyl (C=O) groups is 1. The van der Waals surface area contributed by atoms with E-state index in [1.54, 1.807) is 0 Å².